The van der Waals surface area contributed by atoms with Gasteiger partial charge in [0.15, 0.2) is 6.10 Å². The third kappa shape index (κ3) is 50.7. The largest absolute Gasteiger partial charge is 0.462 e. The van der Waals surface area contributed by atoms with Gasteiger partial charge < -0.3 is 14.2 Å². The van der Waals surface area contributed by atoms with Crippen LogP contribution in [0.25, 0.3) is 0 Å². The molecule has 0 rings (SSSR count). The summed E-state index contributed by atoms with van der Waals surface area (Å²) in [5, 5.41) is 0. The number of carbonyl (C=O) groups excluding carboxylic acids is 3. The third-order valence-electron chi connectivity index (χ3n) is 12.4. The van der Waals surface area contributed by atoms with Gasteiger partial charge in [-0.3, -0.25) is 14.4 Å². The summed E-state index contributed by atoms with van der Waals surface area (Å²) in [4.78, 5) is 38.0. The number of esters is 3. The summed E-state index contributed by atoms with van der Waals surface area (Å²) in [6, 6.07) is 0. The zero-order valence-corrected chi connectivity index (χ0v) is 42.4. The van der Waals surface area contributed by atoms with Crippen LogP contribution < -0.4 is 0 Å². The molecule has 0 heterocycles. The predicted molar refractivity (Wildman–Crippen MR) is 270 cm³/mol. The van der Waals surface area contributed by atoms with Crippen molar-refractivity contribution >= 4 is 17.9 Å². The van der Waals surface area contributed by atoms with E-state index in [2.05, 4.69) is 45.1 Å². The van der Waals surface area contributed by atoms with E-state index in [1.165, 1.54) is 199 Å². The van der Waals surface area contributed by atoms with Crippen LogP contribution in [-0.2, 0) is 28.6 Å². The van der Waals surface area contributed by atoms with Gasteiger partial charge in [-0.1, -0.05) is 238 Å². The molecule has 0 spiro atoms. The van der Waals surface area contributed by atoms with E-state index in [1.54, 1.807) is 0 Å². The molecule has 0 radical (unpaired) electrons. The second-order valence-electron chi connectivity index (χ2n) is 18.8. The Balaban J connectivity index is 4.32. The standard InChI is InChI=1S/C57H106O6/c1-4-7-10-13-16-19-22-25-27-28-29-31-32-35-38-41-44-47-50-56(59)62-53-54(52-61-55(58)49-46-43-40-37-34-24-21-18-15-12-9-6-3)63-57(60)51-48-45-42-39-36-33-30-26-23-20-17-14-11-8-5-2/h18,21,27-28,54H,4-17,19-20,22-26,29-53H2,1-3H3/b21-18-,28-27-. The number of allylic oxidation sites excluding steroid dienone is 4. The lowest BCUT2D eigenvalue weighted by molar-refractivity contribution is -0.167. The van der Waals surface area contributed by atoms with Gasteiger partial charge in [0.25, 0.3) is 0 Å². The Morgan fingerprint density at radius 1 is 0.302 bits per heavy atom. The van der Waals surface area contributed by atoms with Crippen molar-refractivity contribution in [2.75, 3.05) is 13.2 Å². The number of ether oxygens (including phenoxy) is 3. The first-order valence-corrected chi connectivity index (χ1v) is 27.8. The van der Waals surface area contributed by atoms with Crippen LogP contribution in [0.2, 0.25) is 0 Å². The summed E-state index contributed by atoms with van der Waals surface area (Å²) >= 11 is 0. The molecule has 0 aromatic rings. The Morgan fingerprint density at radius 3 is 0.825 bits per heavy atom. The van der Waals surface area contributed by atoms with Crippen LogP contribution in [-0.4, -0.2) is 37.2 Å². The lowest BCUT2D eigenvalue weighted by Gasteiger charge is -2.18. The summed E-state index contributed by atoms with van der Waals surface area (Å²) < 4.78 is 16.8. The van der Waals surface area contributed by atoms with Gasteiger partial charge >= 0.3 is 17.9 Å². The molecule has 0 N–H and O–H groups in total. The molecule has 6 heteroatoms. The summed E-state index contributed by atoms with van der Waals surface area (Å²) in [5.41, 5.74) is 0. The molecule has 0 amide bonds. The quantitative estimate of drug-likeness (QED) is 0.0262. The SMILES string of the molecule is CCCCC/C=C\CCCCCCCC(=O)OCC(COC(=O)CCCCCCCCC/C=C\CCCCCCCCC)OC(=O)CCCCCCCCCCCCCCCCC. The van der Waals surface area contributed by atoms with Crippen LogP contribution in [0.1, 0.15) is 303 Å². The van der Waals surface area contributed by atoms with Gasteiger partial charge in [-0.05, 0) is 70.6 Å². The number of rotatable bonds is 51. The van der Waals surface area contributed by atoms with Crippen molar-refractivity contribution in [2.24, 2.45) is 0 Å². The Bertz CT molecular complexity index is 1020. The van der Waals surface area contributed by atoms with Crippen LogP contribution in [0.3, 0.4) is 0 Å². The van der Waals surface area contributed by atoms with Gasteiger partial charge in [-0.2, -0.15) is 0 Å². The van der Waals surface area contributed by atoms with Gasteiger partial charge in [-0.15, -0.1) is 0 Å². The lowest BCUT2D eigenvalue weighted by atomic mass is 10.0. The van der Waals surface area contributed by atoms with E-state index >= 15 is 0 Å². The monoisotopic (exact) mass is 887 g/mol. The van der Waals surface area contributed by atoms with E-state index in [1.807, 2.05) is 0 Å². The van der Waals surface area contributed by atoms with E-state index in [0.29, 0.717) is 19.3 Å². The Labute approximate surface area is 392 Å². The fourth-order valence-corrected chi connectivity index (χ4v) is 8.20. The first-order valence-electron chi connectivity index (χ1n) is 27.8. The summed E-state index contributed by atoms with van der Waals surface area (Å²) in [6.45, 7) is 6.64. The van der Waals surface area contributed by atoms with Crippen molar-refractivity contribution < 1.29 is 28.6 Å². The molecule has 63 heavy (non-hydrogen) atoms. The highest BCUT2D eigenvalue weighted by molar-refractivity contribution is 5.71. The van der Waals surface area contributed by atoms with E-state index in [4.69, 9.17) is 14.2 Å². The van der Waals surface area contributed by atoms with Crippen molar-refractivity contribution in [1.82, 2.24) is 0 Å². The molecular formula is C57H106O6. The van der Waals surface area contributed by atoms with E-state index in [-0.39, 0.29) is 31.1 Å². The maximum Gasteiger partial charge on any atom is 0.306 e. The number of carbonyl (C=O) groups is 3. The zero-order chi connectivity index (χ0) is 45.8. The molecule has 0 aromatic heterocycles. The van der Waals surface area contributed by atoms with Crippen LogP contribution in [0.5, 0.6) is 0 Å². The van der Waals surface area contributed by atoms with E-state index < -0.39 is 6.10 Å². The maximum atomic E-state index is 12.8. The summed E-state index contributed by atoms with van der Waals surface area (Å²) in [6.07, 6.45) is 60.2. The van der Waals surface area contributed by atoms with Crippen molar-refractivity contribution in [3.63, 3.8) is 0 Å². The molecule has 0 bridgehead atoms. The minimum Gasteiger partial charge on any atom is -0.462 e. The molecule has 0 aliphatic heterocycles. The van der Waals surface area contributed by atoms with Crippen molar-refractivity contribution in [3.05, 3.63) is 24.3 Å². The number of hydrogen-bond acceptors (Lipinski definition) is 6. The van der Waals surface area contributed by atoms with E-state index in [9.17, 15) is 14.4 Å². The van der Waals surface area contributed by atoms with Crippen LogP contribution in [0.4, 0.5) is 0 Å². The third-order valence-corrected chi connectivity index (χ3v) is 12.4. The Kier molecular flexibility index (Phi) is 50.8. The molecule has 1 unspecified atom stereocenters. The highest BCUT2D eigenvalue weighted by Gasteiger charge is 2.19. The van der Waals surface area contributed by atoms with Gasteiger partial charge in [0.05, 0.1) is 0 Å². The topological polar surface area (TPSA) is 78.9 Å². The normalized spacial score (nSPS) is 12.1. The molecule has 1 atom stereocenters. The Hall–Kier alpha value is -2.11. The van der Waals surface area contributed by atoms with Crippen molar-refractivity contribution in [1.29, 1.82) is 0 Å². The Morgan fingerprint density at radius 2 is 0.524 bits per heavy atom. The molecule has 0 saturated carbocycles. The summed E-state index contributed by atoms with van der Waals surface area (Å²) in [7, 11) is 0. The molecular weight excluding hydrogens is 781 g/mol. The zero-order valence-electron chi connectivity index (χ0n) is 42.4. The van der Waals surface area contributed by atoms with Crippen molar-refractivity contribution in [2.45, 2.75) is 309 Å². The van der Waals surface area contributed by atoms with Crippen molar-refractivity contribution in [3.8, 4) is 0 Å². The average Bonchev–Trinajstić information content (AvgIpc) is 3.28. The highest BCUT2D eigenvalue weighted by atomic mass is 16.6. The molecule has 0 aromatic carbocycles. The lowest BCUT2D eigenvalue weighted by Crippen LogP contribution is -2.30. The maximum absolute atomic E-state index is 12.8. The van der Waals surface area contributed by atoms with Gasteiger partial charge in [-0.25, -0.2) is 0 Å². The molecule has 0 fully saturated rings. The van der Waals surface area contributed by atoms with E-state index in [0.717, 1.165) is 64.2 Å². The van der Waals surface area contributed by atoms with Gasteiger partial charge in [0.1, 0.15) is 13.2 Å². The van der Waals surface area contributed by atoms with Crippen LogP contribution in [0.15, 0.2) is 24.3 Å². The fourth-order valence-electron chi connectivity index (χ4n) is 8.20. The second-order valence-corrected chi connectivity index (χ2v) is 18.8. The van der Waals surface area contributed by atoms with Crippen LogP contribution in [0, 0.1) is 0 Å². The van der Waals surface area contributed by atoms with Gasteiger partial charge in [0, 0.05) is 19.3 Å². The molecule has 0 aliphatic carbocycles. The minimum absolute atomic E-state index is 0.0722. The summed E-state index contributed by atoms with van der Waals surface area (Å²) in [5.74, 6) is -0.868. The first-order chi connectivity index (χ1) is 31.0. The highest BCUT2D eigenvalue weighted by Crippen LogP contribution is 2.16. The first kappa shape index (κ1) is 60.9. The molecule has 6 nitrogen and oxygen atoms in total. The smallest absolute Gasteiger partial charge is 0.306 e. The second kappa shape index (κ2) is 52.5. The van der Waals surface area contributed by atoms with Crippen LogP contribution >= 0.6 is 0 Å². The average molecular weight is 887 g/mol. The van der Waals surface area contributed by atoms with Gasteiger partial charge in [0.2, 0.25) is 0 Å². The molecule has 0 aliphatic rings. The minimum atomic E-state index is -0.771. The number of hydrogen-bond donors (Lipinski definition) is 0. The molecule has 370 valence electrons. The predicted octanol–water partition coefficient (Wildman–Crippen LogP) is 18.3. The molecule has 0 saturated heterocycles. The fraction of sp³-hybridized carbons (Fsp3) is 0.877. The number of unbranched alkanes of at least 4 members (excludes halogenated alkanes) is 36.